The molecule has 1 aliphatic heterocycles. The van der Waals surface area contributed by atoms with E-state index >= 15 is 0 Å². The third-order valence-corrected chi connectivity index (χ3v) is 4.08. The van der Waals surface area contributed by atoms with Gasteiger partial charge in [0.15, 0.2) is 0 Å². The van der Waals surface area contributed by atoms with Gasteiger partial charge < -0.3 is 9.64 Å². The summed E-state index contributed by atoms with van der Waals surface area (Å²) in [5.74, 6) is 0.910. The van der Waals surface area contributed by atoms with Gasteiger partial charge in [0.2, 0.25) is 0 Å². The molecule has 0 unspecified atom stereocenters. The molecule has 1 heterocycles. The number of anilines is 1. The lowest BCUT2D eigenvalue weighted by atomic mass is 10.2. The summed E-state index contributed by atoms with van der Waals surface area (Å²) in [5.41, 5.74) is 1.27. The van der Waals surface area contributed by atoms with Crippen molar-refractivity contribution in [2.24, 2.45) is 0 Å². The highest BCUT2D eigenvalue weighted by atomic mass is 33.1. The minimum atomic E-state index is 0.910. The number of hydrogen-bond acceptors (Lipinski definition) is 5. The van der Waals surface area contributed by atoms with E-state index in [1.54, 1.807) is 7.11 Å². The first-order chi connectivity index (χ1) is 7.83. The smallest absolute Gasteiger partial charge is 0.119 e. The summed E-state index contributed by atoms with van der Waals surface area (Å²) in [5, 5.41) is 0. The lowest BCUT2D eigenvalue weighted by Gasteiger charge is -2.34. The van der Waals surface area contributed by atoms with Gasteiger partial charge >= 0.3 is 0 Å². The van der Waals surface area contributed by atoms with Crippen LogP contribution >= 0.6 is 22.6 Å². The molecule has 3 nitrogen and oxygen atoms in total. The van der Waals surface area contributed by atoms with Crippen molar-refractivity contribution in [1.82, 2.24) is 4.31 Å². The summed E-state index contributed by atoms with van der Waals surface area (Å²) in [6.45, 7) is 4.22. The Hall–Kier alpha value is -0.520. The largest absolute Gasteiger partial charge is 0.497 e. The number of piperazine rings is 1. The van der Waals surface area contributed by atoms with Gasteiger partial charge in [-0.15, -0.1) is 0 Å². The van der Waals surface area contributed by atoms with Crippen LogP contribution in [-0.2, 0) is 0 Å². The minimum absolute atomic E-state index is 0.910. The standard InChI is InChI=1S/C11H16N2OS2/c1-14-11-4-2-10(3-5-11)12-6-8-13(16-15)9-7-12/h2-5,15H,6-9H2,1H3. The van der Waals surface area contributed by atoms with E-state index in [1.807, 2.05) is 12.1 Å². The van der Waals surface area contributed by atoms with E-state index in [1.165, 1.54) is 16.7 Å². The Kier molecular flexibility index (Phi) is 4.26. The SMILES string of the molecule is COc1ccc(N2CCN(SS)CC2)cc1. The van der Waals surface area contributed by atoms with Crippen molar-refractivity contribution in [2.75, 3.05) is 38.2 Å². The molecule has 0 bridgehead atoms. The monoisotopic (exact) mass is 256 g/mol. The molecule has 0 aromatic heterocycles. The number of methoxy groups -OCH3 is 1. The Labute approximate surface area is 106 Å². The first kappa shape index (κ1) is 12.0. The van der Waals surface area contributed by atoms with E-state index in [0.717, 1.165) is 31.9 Å². The molecule has 0 spiro atoms. The lowest BCUT2D eigenvalue weighted by molar-refractivity contribution is 0.414. The zero-order valence-electron chi connectivity index (χ0n) is 9.30. The molecule has 2 rings (SSSR count). The average Bonchev–Trinajstić information content (AvgIpc) is 2.39. The van der Waals surface area contributed by atoms with Crippen LogP contribution in [-0.4, -0.2) is 37.6 Å². The van der Waals surface area contributed by atoms with E-state index in [0.29, 0.717) is 0 Å². The molecule has 0 amide bonds. The molecular weight excluding hydrogens is 240 g/mol. The second-order valence-corrected chi connectivity index (χ2v) is 4.87. The molecule has 0 radical (unpaired) electrons. The molecule has 88 valence electrons. The molecule has 0 saturated carbocycles. The second kappa shape index (κ2) is 5.70. The van der Waals surface area contributed by atoms with Gasteiger partial charge in [0.05, 0.1) is 7.11 Å². The maximum atomic E-state index is 5.15. The Balaban J connectivity index is 1.97. The van der Waals surface area contributed by atoms with Crippen molar-refractivity contribution in [1.29, 1.82) is 0 Å². The molecule has 1 aromatic carbocycles. The van der Waals surface area contributed by atoms with Gasteiger partial charge in [-0.1, -0.05) is 11.7 Å². The highest BCUT2D eigenvalue weighted by Crippen LogP contribution is 2.23. The molecule has 1 saturated heterocycles. The highest BCUT2D eigenvalue weighted by Gasteiger charge is 2.16. The molecule has 0 aliphatic carbocycles. The van der Waals surface area contributed by atoms with E-state index in [4.69, 9.17) is 4.74 Å². The van der Waals surface area contributed by atoms with Gasteiger partial charge in [-0.25, -0.2) is 4.31 Å². The summed E-state index contributed by atoms with van der Waals surface area (Å²) in [7, 11) is 3.22. The van der Waals surface area contributed by atoms with Crippen molar-refractivity contribution in [3.63, 3.8) is 0 Å². The van der Waals surface area contributed by atoms with Gasteiger partial charge in [0.25, 0.3) is 0 Å². The fourth-order valence-corrected chi connectivity index (χ4v) is 2.64. The summed E-state index contributed by atoms with van der Waals surface area (Å²) >= 11 is 4.21. The third-order valence-electron chi connectivity index (χ3n) is 2.79. The molecular formula is C11H16N2OS2. The number of ether oxygens (including phenoxy) is 1. The first-order valence-electron chi connectivity index (χ1n) is 5.29. The van der Waals surface area contributed by atoms with Gasteiger partial charge in [-0.3, -0.25) is 0 Å². The van der Waals surface area contributed by atoms with E-state index in [2.05, 4.69) is 33.0 Å². The summed E-state index contributed by atoms with van der Waals surface area (Å²) in [6, 6.07) is 8.24. The van der Waals surface area contributed by atoms with Crippen LogP contribution in [0.5, 0.6) is 5.75 Å². The topological polar surface area (TPSA) is 15.7 Å². The van der Waals surface area contributed by atoms with Gasteiger partial charge in [0.1, 0.15) is 5.75 Å². The fraction of sp³-hybridized carbons (Fsp3) is 0.455. The van der Waals surface area contributed by atoms with Crippen LogP contribution in [0.25, 0.3) is 0 Å². The van der Waals surface area contributed by atoms with Crippen molar-refractivity contribution in [2.45, 2.75) is 0 Å². The van der Waals surface area contributed by atoms with Crippen molar-refractivity contribution in [3.05, 3.63) is 24.3 Å². The predicted octanol–water partition coefficient (Wildman–Crippen LogP) is 2.31. The Bertz CT molecular complexity index is 323. The Morgan fingerprint density at radius 1 is 1.12 bits per heavy atom. The minimum Gasteiger partial charge on any atom is -0.497 e. The van der Waals surface area contributed by atoms with Gasteiger partial charge in [0, 0.05) is 31.9 Å². The van der Waals surface area contributed by atoms with Crippen LogP contribution in [0.15, 0.2) is 24.3 Å². The number of thiol groups is 1. The molecule has 1 fully saturated rings. The number of rotatable bonds is 3. The van der Waals surface area contributed by atoms with Crippen molar-refractivity contribution in [3.8, 4) is 5.75 Å². The van der Waals surface area contributed by atoms with Gasteiger partial charge in [-0.2, -0.15) is 0 Å². The molecule has 0 atom stereocenters. The van der Waals surface area contributed by atoms with Crippen LogP contribution in [0.1, 0.15) is 0 Å². The maximum Gasteiger partial charge on any atom is 0.119 e. The van der Waals surface area contributed by atoms with Crippen molar-refractivity contribution >= 4 is 28.3 Å². The van der Waals surface area contributed by atoms with Crippen LogP contribution in [0.3, 0.4) is 0 Å². The molecule has 16 heavy (non-hydrogen) atoms. The van der Waals surface area contributed by atoms with E-state index in [9.17, 15) is 0 Å². The third kappa shape index (κ3) is 2.78. The van der Waals surface area contributed by atoms with Crippen LogP contribution in [0.2, 0.25) is 0 Å². The maximum absolute atomic E-state index is 5.15. The van der Waals surface area contributed by atoms with E-state index < -0.39 is 0 Å². The number of benzene rings is 1. The Morgan fingerprint density at radius 2 is 1.75 bits per heavy atom. The summed E-state index contributed by atoms with van der Waals surface area (Å²) in [4.78, 5) is 2.39. The number of hydrogen-bond donors (Lipinski definition) is 1. The van der Waals surface area contributed by atoms with Crippen molar-refractivity contribution < 1.29 is 4.74 Å². The number of nitrogens with zero attached hydrogens (tertiary/aromatic N) is 2. The second-order valence-electron chi connectivity index (χ2n) is 3.70. The van der Waals surface area contributed by atoms with Crippen LogP contribution in [0.4, 0.5) is 5.69 Å². The normalized spacial score (nSPS) is 17.5. The van der Waals surface area contributed by atoms with Gasteiger partial charge in [-0.05, 0) is 35.2 Å². The van der Waals surface area contributed by atoms with E-state index in [-0.39, 0.29) is 0 Å². The average molecular weight is 256 g/mol. The highest BCUT2D eigenvalue weighted by molar-refractivity contribution is 8.67. The molecule has 5 heteroatoms. The summed E-state index contributed by atoms with van der Waals surface area (Å²) in [6.07, 6.45) is 0. The quantitative estimate of drug-likeness (QED) is 0.507. The first-order valence-corrected chi connectivity index (χ1v) is 7.11. The predicted molar refractivity (Wildman–Crippen MR) is 73.4 cm³/mol. The van der Waals surface area contributed by atoms with Crippen LogP contribution in [0, 0.1) is 0 Å². The Morgan fingerprint density at radius 3 is 2.25 bits per heavy atom. The fourth-order valence-electron chi connectivity index (χ4n) is 1.82. The lowest BCUT2D eigenvalue weighted by Crippen LogP contribution is -2.43. The summed E-state index contributed by atoms with van der Waals surface area (Å²) < 4.78 is 7.42. The zero-order valence-corrected chi connectivity index (χ0v) is 11.0. The van der Waals surface area contributed by atoms with Crippen LogP contribution < -0.4 is 9.64 Å². The molecule has 0 N–H and O–H groups in total. The zero-order chi connectivity index (χ0) is 11.4. The molecule has 1 aromatic rings. The molecule has 1 aliphatic rings.